The predicted molar refractivity (Wildman–Crippen MR) is 66.3 cm³/mol. The Bertz CT molecular complexity index is 621. The largest absolute Gasteiger partial charge is 0.481 e. The number of nitrogens with zero attached hydrogens (tertiary/aromatic N) is 4. The average molecular weight is 276 g/mol. The minimum absolute atomic E-state index is 0.0433. The summed E-state index contributed by atoms with van der Waals surface area (Å²) in [6, 6.07) is 6.34. The van der Waals surface area contributed by atoms with Gasteiger partial charge in [-0.2, -0.15) is 0 Å². The molecule has 1 aromatic heterocycles. The van der Waals surface area contributed by atoms with Crippen LogP contribution in [-0.2, 0) is 17.8 Å². The van der Waals surface area contributed by atoms with Crippen LogP contribution >= 0.6 is 0 Å². The van der Waals surface area contributed by atoms with Crippen LogP contribution in [-0.4, -0.2) is 42.4 Å². The van der Waals surface area contributed by atoms with Gasteiger partial charge in [-0.15, -0.1) is 5.10 Å². The second-order valence-corrected chi connectivity index (χ2v) is 4.15. The summed E-state index contributed by atoms with van der Waals surface area (Å²) in [5.74, 6) is -1.42. The Labute approximate surface area is 113 Å². The molecule has 0 bridgehead atoms. The number of aliphatic carboxylic acids is 1. The number of benzene rings is 1. The summed E-state index contributed by atoms with van der Waals surface area (Å²) in [4.78, 5) is 21.3. The van der Waals surface area contributed by atoms with E-state index in [4.69, 9.17) is 10.2 Å². The van der Waals surface area contributed by atoms with E-state index in [0.717, 1.165) is 5.56 Å². The maximum Gasteiger partial charge on any atom is 0.335 e. The smallest absolute Gasteiger partial charge is 0.335 e. The highest BCUT2D eigenvalue weighted by atomic mass is 16.4. The minimum Gasteiger partial charge on any atom is -0.481 e. The van der Waals surface area contributed by atoms with Crippen LogP contribution in [0.25, 0.3) is 0 Å². The lowest BCUT2D eigenvalue weighted by atomic mass is 10.1. The van der Waals surface area contributed by atoms with Crippen molar-refractivity contribution in [2.75, 3.05) is 0 Å². The first-order valence-corrected chi connectivity index (χ1v) is 5.85. The number of hydrogen-bond donors (Lipinski definition) is 2. The second-order valence-electron chi connectivity index (χ2n) is 4.15. The summed E-state index contributed by atoms with van der Waals surface area (Å²) in [6.07, 6.45) is 0.202. The fraction of sp³-hybridized carbons (Fsp3) is 0.250. The van der Waals surface area contributed by atoms with Gasteiger partial charge in [0, 0.05) is 6.42 Å². The Hall–Kier alpha value is -2.77. The molecule has 2 aromatic rings. The molecule has 0 aliphatic rings. The molecule has 0 aliphatic carbocycles. The molecule has 0 fully saturated rings. The molecular weight excluding hydrogens is 264 g/mol. The van der Waals surface area contributed by atoms with Crippen LogP contribution in [0.4, 0.5) is 0 Å². The number of hydrogen-bond acceptors (Lipinski definition) is 5. The van der Waals surface area contributed by atoms with Crippen LogP contribution in [0.15, 0.2) is 24.3 Å². The molecule has 20 heavy (non-hydrogen) atoms. The number of carboxylic acid groups (broad SMARTS) is 2. The lowest BCUT2D eigenvalue weighted by molar-refractivity contribution is -0.137. The van der Waals surface area contributed by atoms with Crippen molar-refractivity contribution in [1.82, 2.24) is 20.2 Å². The quantitative estimate of drug-likeness (QED) is 0.785. The van der Waals surface area contributed by atoms with Crippen LogP contribution in [0, 0.1) is 0 Å². The predicted octanol–water partition coefficient (Wildman–Crippen LogP) is 0.437. The summed E-state index contributed by atoms with van der Waals surface area (Å²) >= 11 is 0. The third-order valence-corrected chi connectivity index (χ3v) is 2.70. The molecule has 0 amide bonds. The number of carboxylic acids is 2. The monoisotopic (exact) mass is 276 g/mol. The molecule has 1 heterocycles. The van der Waals surface area contributed by atoms with Crippen LogP contribution < -0.4 is 0 Å². The molecule has 104 valence electrons. The van der Waals surface area contributed by atoms with Gasteiger partial charge in [0.15, 0.2) is 5.82 Å². The zero-order valence-corrected chi connectivity index (χ0v) is 10.4. The van der Waals surface area contributed by atoms with Gasteiger partial charge in [0.25, 0.3) is 0 Å². The van der Waals surface area contributed by atoms with Crippen molar-refractivity contribution in [2.24, 2.45) is 0 Å². The molecule has 0 atom stereocenters. The molecular formula is C12H12N4O4. The number of aromatic nitrogens is 4. The molecule has 0 saturated heterocycles. The summed E-state index contributed by atoms with van der Waals surface area (Å²) < 4.78 is 1.50. The maximum absolute atomic E-state index is 10.7. The molecule has 0 spiro atoms. The summed E-state index contributed by atoms with van der Waals surface area (Å²) in [7, 11) is 0. The van der Waals surface area contributed by atoms with Gasteiger partial charge < -0.3 is 10.2 Å². The van der Waals surface area contributed by atoms with E-state index in [2.05, 4.69) is 15.5 Å². The highest BCUT2D eigenvalue weighted by molar-refractivity contribution is 5.87. The number of aryl methyl sites for hydroxylation is 1. The fourth-order valence-corrected chi connectivity index (χ4v) is 1.67. The van der Waals surface area contributed by atoms with Crippen molar-refractivity contribution in [1.29, 1.82) is 0 Å². The topological polar surface area (TPSA) is 118 Å². The van der Waals surface area contributed by atoms with Crippen molar-refractivity contribution in [2.45, 2.75) is 19.4 Å². The van der Waals surface area contributed by atoms with Gasteiger partial charge in [0.05, 0.1) is 18.5 Å². The molecule has 2 rings (SSSR count). The van der Waals surface area contributed by atoms with Crippen LogP contribution in [0.5, 0.6) is 0 Å². The van der Waals surface area contributed by atoms with E-state index in [1.165, 1.54) is 16.8 Å². The Morgan fingerprint density at radius 3 is 2.45 bits per heavy atom. The van der Waals surface area contributed by atoms with E-state index in [1.807, 2.05) is 0 Å². The Morgan fingerprint density at radius 2 is 1.85 bits per heavy atom. The van der Waals surface area contributed by atoms with Gasteiger partial charge in [0.1, 0.15) is 0 Å². The third-order valence-electron chi connectivity index (χ3n) is 2.70. The lowest BCUT2D eigenvalue weighted by Gasteiger charge is -2.04. The summed E-state index contributed by atoms with van der Waals surface area (Å²) in [5, 5.41) is 28.5. The first-order chi connectivity index (χ1) is 9.56. The van der Waals surface area contributed by atoms with Crippen LogP contribution in [0.2, 0.25) is 0 Å². The SMILES string of the molecule is O=C(O)CCc1nnnn1Cc1ccc(C(=O)O)cc1. The fourth-order valence-electron chi connectivity index (χ4n) is 1.67. The Balaban J connectivity index is 2.08. The van der Waals surface area contributed by atoms with Crippen molar-refractivity contribution in [3.05, 3.63) is 41.2 Å². The van der Waals surface area contributed by atoms with E-state index < -0.39 is 11.9 Å². The Kier molecular flexibility index (Phi) is 4.04. The van der Waals surface area contributed by atoms with Gasteiger partial charge in [-0.25, -0.2) is 9.48 Å². The van der Waals surface area contributed by atoms with E-state index in [1.54, 1.807) is 12.1 Å². The molecule has 0 radical (unpaired) electrons. The minimum atomic E-state index is -0.985. The van der Waals surface area contributed by atoms with Crippen LogP contribution in [0.3, 0.4) is 0 Å². The molecule has 0 unspecified atom stereocenters. The number of aromatic carboxylic acids is 1. The van der Waals surface area contributed by atoms with Crippen molar-refractivity contribution < 1.29 is 19.8 Å². The van der Waals surface area contributed by atoms with E-state index >= 15 is 0 Å². The molecule has 1 aromatic carbocycles. The second kappa shape index (κ2) is 5.91. The van der Waals surface area contributed by atoms with Crippen molar-refractivity contribution in [3.63, 3.8) is 0 Å². The van der Waals surface area contributed by atoms with Gasteiger partial charge in [-0.1, -0.05) is 12.1 Å². The number of tetrazole rings is 1. The summed E-state index contributed by atoms with van der Waals surface area (Å²) in [5.41, 5.74) is 1.04. The summed E-state index contributed by atoms with van der Waals surface area (Å²) in [6.45, 7) is 0.363. The van der Waals surface area contributed by atoms with E-state index in [9.17, 15) is 9.59 Å². The van der Waals surface area contributed by atoms with Crippen LogP contribution in [0.1, 0.15) is 28.2 Å². The van der Waals surface area contributed by atoms with E-state index in [0.29, 0.717) is 12.4 Å². The first-order valence-electron chi connectivity index (χ1n) is 5.85. The van der Waals surface area contributed by atoms with E-state index in [-0.39, 0.29) is 18.4 Å². The molecule has 0 aliphatic heterocycles. The highest BCUT2D eigenvalue weighted by Crippen LogP contribution is 2.07. The van der Waals surface area contributed by atoms with Crippen molar-refractivity contribution in [3.8, 4) is 0 Å². The highest BCUT2D eigenvalue weighted by Gasteiger charge is 2.09. The number of carbonyl (C=O) groups is 2. The standard InChI is InChI=1S/C12H12N4O4/c17-11(18)6-5-10-13-14-15-16(10)7-8-1-3-9(4-2-8)12(19)20/h1-4H,5-7H2,(H,17,18)(H,19,20). The Morgan fingerprint density at radius 1 is 1.15 bits per heavy atom. The average Bonchev–Trinajstić information content (AvgIpc) is 2.84. The van der Waals surface area contributed by atoms with Crippen molar-refractivity contribution >= 4 is 11.9 Å². The maximum atomic E-state index is 10.7. The molecule has 8 heteroatoms. The molecule has 2 N–H and O–H groups in total. The third kappa shape index (κ3) is 3.37. The lowest BCUT2D eigenvalue weighted by Crippen LogP contribution is -2.09. The number of rotatable bonds is 6. The zero-order chi connectivity index (χ0) is 14.5. The van der Waals surface area contributed by atoms with Gasteiger partial charge >= 0.3 is 11.9 Å². The zero-order valence-electron chi connectivity index (χ0n) is 10.4. The van der Waals surface area contributed by atoms with Gasteiger partial charge in [-0.3, -0.25) is 4.79 Å². The molecule has 0 saturated carbocycles. The van der Waals surface area contributed by atoms with Gasteiger partial charge in [0.2, 0.25) is 0 Å². The normalized spacial score (nSPS) is 10.4. The molecule has 8 nitrogen and oxygen atoms in total. The van der Waals surface area contributed by atoms with Gasteiger partial charge in [-0.05, 0) is 28.1 Å². The first kappa shape index (κ1) is 13.7.